The minimum atomic E-state index is -0.168. The second-order valence-corrected chi connectivity index (χ2v) is 7.60. The van der Waals surface area contributed by atoms with E-state index in [0.717, 1.165) is 37.0 Å². The molecule has 1 N–H and O–H groups in total. The summed E-state index contributed by atoms with van der Waals surface area (Å²) in [7, 11) is 0. The Hall–Kier alpha value is -3.93. The number of nitrogens with zero attached hydrogens (tertiary/aromatic N) is 4. The second-order valence-electron chi connectivity index (χ2n) is 7.60. The van der Waals surface area contributed by atoms with Crippen molar-refractivity contribution < 1.29 is 4.79 Å². The Morgan fingerprint density at radius 2 is 1.39 bits per heavy atom. The monoisotopic (exact) mass is 409 g/mol. The third kappa shape index (κ3) is 4.19. The number of anilines is 3. The van der Waals surface area contributed by atoms with Gasteiger partial charge in [-0.1, -0.05) is 48.5 Å². The first-order valence-corrected chi connectivity index (χ1v) is 10.4. The van der Waals surface area contributed by atoms with Gasteiger partial charge in [0.05, 0.1) is 18.1 Å². The fraction of sp³-hybridized carbons (Fsp3) is 0.160. The molecule has 1 saturated heterocycles. The number of nitrogens with one attached hydrogen (secondary N) is 1. The Kier molecular flexibility index (Phi) is 5.19. The molecule has 1 fully saturated rings. The molecule has 0 bridgehead atoms. The Morgan fingerprint density at radius 1 is 0.742 bits per heavy atom. The molecule has 1 aromatic heterocycles. The van der Waals surface area contributed by atoms with Gasteiger partial charge in [0.2, 0.25) is 5.95 Å². The van der Waals surface area contributed by atoms with Crippen LogP contribution in [0.15, 0.2) is 85.2 Å². The van der Waals surface area contributed by atoms with E-state index in [1.54, 1.807) is 12.4 Å². The van der Waals surface area contributed by atoms with Gasteiger partial charge in [-0.15, -0.1) is 0 Å². The van der Waals surface area contributed by atoms with Crippen molar-refractivity contribution in [2.75, 3.05) is 41.3 Å². The molecule has 154 valence electrons. The van der Waals surface area contributed by atoms with Gasteiger partial charge in [0.25, 0.3) is 5.91 Å². The predicted molar refractivity (Wildman–Crippen MR) is 125 cm³/mol. The van der Waals surface area contributed by atoms with Crippen LogP contribution in [0.1, 0.15) is 10.4 Å². The number of rotatable bonds is 4. The van der Waals surface area contributed by atoms with Crippen molar-refractivity contribution in [2.24, 2.45) is 0 Å². The highest BCUT2D eigenvalue weighted by atomic mass is 16.1. The van der Waals surface area contributed by atoms with E-state index in [9.17, 15) is 4.79 Å². The smallest absolute Gasteiger partial charge is 0.255 e. The summed E-state index contributed by atoms with van der Waals surface area (Å²) in [4.78, 5) is 26.1. The molecule has 0 saturated carbocycles. The van der Waals surface area contributed by atoms with Crippen LogP contribution in [0.25, 0.3) is 10.8 Å². The van der Waals surface area contributed by atoms with Gasteiger partial charge in [-0.3, -0.25) is 4.79 Å². The summed E-state index contributed by atoms with van der Waals surface area (Å²) in [6, 6.07) is 24.1. The van der Waals surface area contributed by atoms with E-state index in [0.29, 0.717) is 17.2 Å². The third-order valence-corrected chi connectivity index (χ3v) is 5.59. The minimum Gasteiger partial charge on any atom is -0.368 e. The Balaban J connectivity index is 1.21. The molecule has 5 rings (SSSR count). The number of para-hydroxylation sites is 1. The molecule has 2 heterocycles. The number of hydrogen-bond donors (Lipinski definition) is 1. The number of amides is 1. The average molecular weight is 409 g/mol. The maximum Gasteiger partial charge on any atom is 0.255 e. The van der Waals surface area contributed by atoms with Crippen molar-refractivity contribution in [1.82, 2.24) is 9.97 Å². The molecule has 0 radical (unpaired) electrons. The topological polar surface area (TPSA) is 61.4 Å². The van der Waals surface area contributed by atoms with Gasteiger partial charge >= 0.3 is 0 Å². The zero-order chi connectivity index (χ0) is 21.0. The van der Waals surface area contributed by atoms with Gasteiger partial charge in [0, 0.05) is 37.4 Å². The quantitative estimate of drug-likeness (QED) is 0.547. The molecule has 0 unspecified atom stereocenters. The maximum atomic E-state index is 12.6. The number of aromatic nitrogens is 2. The summed E-state index contributed by atoms with van der Waals surface area (Å²) >= 11 is 0. The van der Waals surface area contributed by atoms with E-state index in [1.807, 2.05) is 48.5 Å². The van der Waals surface area contributed by atoms with Crippen molar-refractivity contribution >= 4 is 34.0 Å². The zero-order valence-electron chi connectivity index (χ0n) is 17.1. The van der Waals surface area contributed by atoms with Crippen LogP contribution in [-0.4, -0.2) is 42.1 Å². The Bertz CT molecular complexity index is 1190. The predicted octanol–water partition coefficient (Wildman–Crippen LogP) is 4.21. The summed E-state index contributed by atoms with van der Waals surface area (Å²) < 4.78 is 0. The highest BCUT2D eigenvalue weighted by Gasteiger charge is 2.19. The van der Waals surface area contributed by atoms with Gasteiger partial charge < -0.3 is 15.1 Å². The van der Waals surface area contributed by atoms with E-state index in [1.165, 1.54) is 5.69 Å². The van der Waals surface area contributed by atoms with Crippen LogP contribution < -0.4 is 15.1 Å². The summed E-state index contributed by atoms with van der Waals surface area (Å²) in [5.74, 6) is 0.523. The van der Waals surface area contributed by atoms with E-state index in [4.69, 9.17) is 0 Å². The van der Waals surface area contributed by atoms with Crippen molar-refractivity contribution in [3.8, 4) is 0 Å². The summed E-state index contributed by atoms with van der Waals surface area (Å²) in [6.45, 7) is 3.57. The molecular weight excluding hydrogens is 386 g/mol. The first-order valence-electron chi connectivity index (χ1n) is 10.4. The van der Waals surface area contributed by atoms with Crippen molar-refractivity contribution in [2.45, 2.75) is 0 Å². The highest BCUT2D eigenvalue weighted by Crippen LogP contribution is 2.19. The van der Waals surface area contributed by atoms with Crippen LogP contribution in [0.2, 0.25) is 0 Å². The molecule has 3 aromatic carbocycles. The van der Waals surface area contributed by atoms with E-state index >= 15 is 0 Å². The van der Waals surface area contributed by atoms with Crippen LogP contribution in [0.4, 0.5) is 17.3 Å². The van der Waals surface area contributed by atoms with Crippen LogP contribution in [0.3, 0.4) is 0 Å². The molecule has 6 heteroatoms. The molecule has 4 aromatic rings. The summed E-state index contributed by atoms with van der Waals surface area (Å²) in [5, 5.41) is 5.04. The van der Waals surface area contributed by atoms with E-state index in [2.05, 4.69) is 49.4 Å². The lowest BCUT2D eigenvalue weighted by molar-refractivity contribution is 0.102. The number of benzene rings is 3. The van der Waals surface area contributed by atoms with Gasteiger partial charge in [-0.05, 0) is 35.0 Å². The average Bonchev–Trinajstić information content (AvgIpc) is 2.85. The third-order valence-electron chi connectivity index (χ3n) is 5.59. The first kappa shape index (κ1) is 19.1. The van der Waals surface area contributed by atoms with Crippen molar-refractivity contribution in [3.05, 3.63) is 90.8 Å². The molecule has 1 aliphatic rings. The molecule has 0 aliphatic carbocycles. The Labute approximate surface area is 181 Å². The molecule has 1 aliphatic heterocycles. The van der Waals surface area contributed by atoms with Gasteiger partial charge in [-0.2, -0.15) is 0 Å². The molecule has 0 atom stereocenters. The normalized spacial score (nSPS) is 13.9. The largest absolute Gasteiger partial charge is 0.368 e. The summed E-state index contributed by atoms with van der Waals surface area (Å²) in [6.07, 6.45) is 3.34. The first-order chi connectivity index (χ1) is 15.3. The SMILES string of the molecule is O=C(Nc1cnc(N2CCN(c3ccccc3)CC2)nc1)c1ccc2ccccc2c1. The highest BCUT2D eigenvalue weighted by molar-refractivity contribution is 6.06. The van der Waals surface area contributed by atoms with Gasteiger partial charge in [0.1, 0.15) is 0 Å². The maximum absolute atomic E-state index is 12.6. The molecule has 31 heavy (non-hydrogen) atoms. The van der Waals surface area contributed by atoms with Crippen molar-refractivity contribution in [1.29, 1.82) is 0 Å². The van der Waals surface area contributed by atoms with Gasteiger partial charge in [0.15, 0.2) is 0 Å². The standard InChI is InChI=1S/C25H23N5O/c31-24(21-11-10-19-6-4-5-7-20(19)16-21)28-22-17-26-25(27-18-22)30-14-12-29(13-15-30)23-8-2-1-3-9-23/h1-11,16-18H,12-15H2,(H,28,31). The fourth-order valence-electron chi connectivity index (χ4n) is 3.89. The van der Waals surface area contributed by atoms with Crippen LogP contribution in [-0.2, 0) is 0 Å². The number of hydrogen-bond acceptors (Lipinski definition) is 5. The minimum absolute atomic E-state index is 0.168. The lowest BCUT2D eigenvalue weighted by Crippen LogP contribution is -2.47. The lowest BCUT2D eigenvalue weighted by atomic mass is 10.1. The number of carbonyl (C=O) groups excluding carboxylic acids is 1. The summed E-state index contributed by atoms with van der Waals surface area (Å²) in [5.41, 5.74) is 2.44. The van der Waals surface area contributed by atoms with Crippen molar-refractivity contribution in [3.63, 3.8) is 0 Å². The number of fused-ring (bicyclic) bond motifs is 1. The zero-order valence-corrected chi connectivity index (χ0v) is 17.1. The van der Waals surface area contributed by atoms with Crippen LogP contribution >= 0.6 is 0 Å². The molecular formula is C25H23N5O. The van der Waals surface area contributed by atoms with Crippen LogP contribution in [0.5, 0.6) is 0 Å². The Morgan fingerprint density at radius 3 is 2.13 bits per heavy atom. The van der Waals surface area contributed by atoms with E-state index in [-0.39, 0.29) is 5.91 Å². The van der Waals surface area contributed by atoms with E-state index < -0.39 is 0 Å². The molecule has 6 nitrogen and oxygen atoms in total. The lowest BCUT2D eigenvalue weighted by Gasteiger charge is -2.36. The fourth-order valence-corrected chi connectivity index (χ4v) is 3.89. The van der Waals surface area contributed by atoms with Crippen LogP contribution in [0, 0.1) is 0 Å². The number of carbonyl (C=O) groups is 1. The number of piperazine rings is 1. The molecule has 0 spiro atoms. The molecule has 1 amide bonds. The second kappa shape index (κ2) is 8.44. The van der Waals surface area contributed by atoms with Gasteiger partial charge in [-0.25, -0.2) is 9.97 Å².